The van der Waals surface area contributed by atoms with Gasteiger partial charge in [0.05, 0.1) is 26.4 Å². The van der Waals surface area contributed by atoms with Crippen molar-refractivity contribution in [3.05, 3.63) is 71.0 Å². The standard InChI is InChI=1S/C24H20O15.2C2H6/c25-19(26)13-3-5-15(37-13)21(29)33-9-1-11-35-23(31)17-7-8-18(39-17)24(32)36-12-2-10-34-22(30)16-6-4-14(38-16)20(27)28;2*1-2/h3-8H,1-2,9-12H2,(H,25,26)(H,27,28);2*1-2H3. The molecule has 0 aromatic carbocycles. The van der Waals surface area contributed by atoms with Crippen molar-refractivity contribution in [3.8, 4) is 0 Å². The van der Waals surface area contributed by atoms with Crippen LogP contribution in [0.3, 0.4) is 0 Å². The van der Waals surface area contributed by atoms with Gasteiger partial charge in [-0.1, -0.05) is 27.7 Å². The van der Waals surface area contributed by atoms with Crippen molar-refractivity contribution in [2.45, 2.75) is 40.5 Å². The summed E-state index contributed by atoms with van der Waals surface area (Å²) in [5.41, 5.74) is 0. The number of carbonyl (C=O) groups excluding carboxylic acids is 4. The van der Waals surface area contributed by atoms with E-state index in [9.17, 15) is 28.8 Å². The third kappa shape index (κ3) is 11.6. The Bertz CT molecular complexity index is 1260. The summed E-state index contributed by atoms with van der Waals surface area (Å²) in [7, 11) is 0. The number of rotatable bonds is 14. The van der Waals surface area contributed by atoms with Gasteiger partial charge in [-0.15, -0.1) is 0 Å². The van der Waals surface area contributed by atoms with Crippen molar-refractivity contribution < 1.29 is 71.2 Å². The molecule has 15 heteroatoms. The van der Waals surface area contributed by atoms with Gasteiger partial charge in [0, 0.05) is 12.8 Å². The molecule has 15 nitrogen and oxygen atoms in total. The van der Waals surface area contributed by atoms with Crippen LogP contribution < -0.4 is 0 Å². The third-order valence-electron chi connectivity index (χ3n) is 4.55. The van der Waals surface area contributed by atoms with Crippen LogP contribution in [0.2, 0.25) is 0 Å². The molecule has 0 bridgehead atoms. The Morgan fingerprint density at radius 3 is 0.884 bits per heavy atom. The second-order valence-electron chi connectivity index (χ2n) is 7.35. The molecule has 3 heterocycles. The molecule has 0 radical (unpaired) electrons. The molecule has 0 atom stereocenters. The van der Waals surface area contributed by atoms with Crippen LogP contribution >= 0.6 is 0 Å². The van der Waals surface area contributed by atoms with E-state index in [-0.39, 0.29) is 62.3 Å². The molecule has 0 unspecified atom stereocenters. The van der Waals surface area contributed by atoms with Crippen LogP contribution in [0.15, 0.2) is 49.6 Å². The Kier molecular flexibility index (Phi) is 15.7. The largest absolute Gasteiger partial charge is 0.475 e. The monoisotopic (exact) mass is 608 g/mol. The molecule has 2 N–H and O–H groups in total. The molecule has 0 amide bonds. The first-order valence-corrected chi connectivity index (χ1v) is 13.1. The summed E-state index contributed by atoms with van der Waals surface area (Å²) < 4.78 is 34.4. The number of ether oxygens (including phenoxy) is 4. The fourth-order valence-corrected chi connectivity index (χ4v) is 2.74. The number of hydrogen-bond acceptors (Lipinski definition) is 13. The lowest BCUT2D eigenvalue weighted by molar-refractivity contribution is 0.0350. The van der Waals surface area contributed by atoms with Crippen LogP contribution in [-0.4, -0.2) is 72.5 Å². The molecular weight excluding hydrogens is 576 g/mol. The number of carboxylic acids is 2. The Hall–Kier alpha value is -5.34. The van der Waals surface area contributed by atoms with Gasteiger partial charge in [-0.05, 0) is 36.4 Å². The lowest BCUT2D eigenvalue weighted by atomic mass is 10.4. The van der Waals surface area contributed by atoms with Crippen molar-refractivity contribution in [3.63, 3.8) is 0 Å². The van der Waals surface area contributed by atoms with Gasteiger partial charge in [0.15, 0.2) is 0 Å². The number of aromatic carboxylic acids is 2. The second kappa shape index (κ2) is 18.9. The van der Waals surface area contributed by atoms with Gasteiger partial charge in [-0.3, -0.25) is 0 Å². The van der Waals surface area contributed by atoms with E-state index >= 15 is 0 Å². The van der Waals surface area contributed by atoms with Crippen LogP contribution in [0.25, 0.3) is 0 Å². The minimum atomic E-state index is -1.33. The molecule has 0 aliphatic heterocycles. The molecule has 0 saturated heterocycles. The maximum absolute atomic E-state index is 12.0. The van der Waals surface area contributed by atoms with E-state index in [1.165, 1.54) is 12.1 Å². The van der Waals surface area contributed by atoms with Crippen LogP contribution in [-0.2, 0) is 18.9 Å². The van der Waals surface area contributed by atoms with Crippen molar-refractivity contribution >= 4 is 35.8 Å². The van der Waals surface area contributed by atoms with Gasteiger partial charge in [0.2, 0.25) is 34.6 Å². The summed E-state index contributed by atoms with van der Waals surface area (Å²) in [6.45, 7) is 7.40. The highest BCUT2D eigenvalue weighted by atomic mass is 16.6. The molecule has 3 aromatic heterocycles. The van der Waals surface area contributed by atoms with E-state index in [2.05, 4.69) is 0 Å². The Morgan fingerprint density at radius 1 is 0.465 bits per heavy atom. The lowest BCUT2D eigenvalue weighted by Gasteiger charge is -2.05. The zero-order chi connectivity index (χ0) is 32.4. The predicted octanol–water partition coefficient (Wildman–Crippen LogP) is 4.72. The predicted molar refractivity (Wildman–Crippen MR) is 143 cm³/mol. The fourth-order valence-electron chi connectivity index (χ4n) is 2.74. The van der Waals surface area contributed by atoms with Crippen LogP contribution in [0.1, 0.15) is 104 Å². The highest BCUT2D eigenvalue weighted by Gasteiger charge is 2.20. The second-order valence-corrected chi connectivity index (χ2v) is 7.35. The molecular formula is C28H32O15. The number of hydrogen-bond donors (Lipinski definition) is 2. The van der Waals surface area contributed by atoms with E-state index in [0.717, 1.165) is 24.3 Å². The van der Waals surface area contributed by atoms with Crippen LogP contribution in [0, 0.1) is 0 Å². The normalized spacial score (nSPS) is 9.77. The maximum Gasteiger partial charge on any atom is 0.374 e. The molecule has 0 aliphatic carbocycles. The smallest absolute Gasteiger partial charge is 0.374 e. The summed E-state index contributed by atoms with van der Waals surface area (Å²) >= 11 is 0. The van der Waals surface area contributed by atoms with Crippen molar-refractivity contribution in [1.82, 2.24) is 0 Å². The van der Waals surface area contributed by atoms with E-state index in [1.807, 2.05) is 27.7 Å². The van der Waals surface area contributed by atoms with Crippen molar-refractivity contribution in [2.75, 3.05) is 26.4 Å². The minimum absolute atomic E-state index is 0.116. The summed E-state index contributed by atoms with van der Waals surface area (Å²) in [6.07, 6.45) is 0.232. The first-order valence-electron chi connectivity index (χ1n) is 13.1. The summed E-state index contributed by atoms with van der Waals surface area (Å²) in [6, 6.07) is 6.92. The Labute approximate surface area is 245 Å². The van der Waals surface area contributed by atoms with Crippen LogP contribution in [0.5, 0.6) is 0 Å². The highest BCUT2D eigenvalue weighted by Crippen LogP contribution is 2.13. The Morgan fingerprint density at radius 2 is 0.674 bits per heavy atom. The van der Waals surface area contributed by atoms with Gasteiger partial charge in [-0.2, -0.15) is 0 Å². The number of carboxylic acid groups (broad SMARTS) is 2. The molecule has 234 valence electrons. The Balaban J connectivity index is 0.00000221. The van der Waals surface area contributed by atoms with Gasteiger partial charge >= 0.3 is 35.8 Å². The highest BCUT2D eigenvalue weighted by molar-refractivity contribution is 5.91. The summed E-state index contributed by atoms with van der Waals surface area (Å²) in [4.78, 5) is 69.1. The van der Waals surface area contributed by atoms with E-state index in [4.69, 9.17) is 42.4 Å². The van der Waals surface area contributed by atoms with E-state index in [0.29, 0.717) is 0 Å². The van der Waals surface area contributed by atoms with Crippen molar-refractivity contribution in [1.29, 1.82) is 0 Å². The summed E-state index contributed by atoms with van der Waals surface area (Å²) in [5.74, 6) is -8.14. The van der Waals surface area contributed by atoms with Gasteiger partial charge in [0.25, 0.3) is 0 Å². The zero-order valence-electron chi connectivity index (χ0n) is 23.9. The molecule has 0 spiro atoms. The lowest BCUT2D eigenvalue weighted by Crippen LogP contribution is -2.11. The average molecular weight is 609 g/mol. The van der Waals surface area contributed by atoms with Gasteiger partial charge in [0.1, 0.15) is 0 Å². The zero-order valence-corrected chi connectivity index (χ0v) is 23.9. The minimum Gasteiger partial charge on any atom is -0.475 e. The number of esters is 4. The maximum atomic E-state index is 12.0. The van der Waals surface area contributed by atoms with E-state index in [1.54, 1.807) is 0 Å². The first kappa shape index (κ1) is 35.7. The van der Waals surface area contributed by atoms with Crippen molar-refractivity contribution in [2.24, 2.45) is 0 Å². The SMILES string of the molecule is CC.CC.O=C(O)c1ccc(C(=O)OCCCOC(=O)c2ccc(C(=O)OCCCOC(=O)c3ccc(C(=O)O)o3)o2)o1. The van der Waals surface area contributed by atoms with Gasteiger partial charge in [-0.25, -0.2) is 28.8 Å². The molecule has 3 aromatic rings. The molecule has 43 heavy (non-hydrogen) atoms. The fraction of sp³-hybridized carbons (Fsp3) is 0.357. The van der Waals surface area contributed by atoms with E-state index < -0.39 is 47.3 Å². The van der Waals surface area contributed by atoms with Crippen LogP contribution in [0.4, 0.5) is 0 Å². The third-order valence-corrected chi connectivity index (χ3v) is 4.55. The molecule has 0 aliphatic rings. The molecule has 0 saturated carbocycles. The first-order chi connectivity index (χ1) is 20.7. The molecule has 3 rings (SSSR count). The molecule has 0 fully saturated rings. The number of furan rings is 3. The topological polar surface area (TPSA) is 219 Å². The quantitative estimate of drug-likeness (QED) is 0.144. The van der Waals surface area contributed by atoms with Gasteiger partial charge < -0.3 is 42.4 Å². The summed E-state index contributed by atoms with van der Waals surface area (Å²) in [5, 5.41) is 17.5. The number of carbonyl (C=O) groups is 6. The average Bonchev–Trinajstić information content (AvgIpc) is 3.80.